The lowest BCUT2D eigenvalue weighted by molar-refractivity contribution is -0.121. The Kier molecular flexibility index (Phi) is 6.52. The van der Waals surface area contributed by atoms with E-state index in [1.165, 1.54) is 6.92 Å². The van der Waals surface area contributed by atoms with Crippen molar-refractivity contribution < 1.29 is 19.1 Å². The van der Waals surface area contributed by atoms with Crippen LogP contribution in [0.3, 0.4) is 0 Å². The number of fused-ring (bicyclic) bond motifs is 1. The monoisotopic (exact) mass is 436 g/mol. The van der Waals surface area contributed by atoms with E-state index < -0.39 is 6.04 Å². The molecule has 0 radical (unpaired) electrons. The lowest BCUT2D eigenvalue weighted by Gasteiger charge is -2.27. The van der Waals surface area contributed by atoms with Gasteiger partial charge < -0.3 is 19.7 Å². The Morgan fingerprint density at radius 2 is 1.81 bits per heavy atom. The molecular formula is C24H24N2O4S. The van der Waals surface area contributed by atoms with Crippen molar-refractivity contribution in [1.29, 1.82) is 0 Å². The highest BCUT2D eigenvalue weighted by Crippen LogP contribution is 2.35. The van der Waals surface area contributed by atoms with Gasteiger partial charge in [0.2, 0.25) is 11.8 Å². The van der Waals surface area contributed by atoms with Gasteiger partial charge in [0.1, 0.15) is 13.2 Å². The van der Waals surface area contributed by atoms with Crippen LogP contribution in [0.4, 0.5) is 5.69 Å². The second-order valence-electron chi connectivity index (χ2n) is 7.26. The van der Waals surface area contributed by atoms with Crippen LogP contribution < -0.4 is 19.7 Å². The fraction of sp³-hybridized carbons (Fsp3) is 0.250. The van der Waals surface area contributed by atoms with Crippen LogP contribution in [0.15, 0.2) is 66.0 Å². The van der Waals surface area contributed by atoms with Crippen LogP contribution in [-0.4, -0.2) is 25.0 Å². The lowest BCUT2D eigenvalue weighted by atomic mass is 10.0. The molecule has 2 aromatic carbocycles. The summed E-state index contributed by atoms with van der Waals surface area (Å²) in [6, 6.07) is 18.7. The molecule has 1 aliphatic heterocycles. The number of carbonyl (C=O) groups excluding carboxylic acids is 2. The smallest absolute Gasteiger partial charge is 0.229 e. The van der Waals surface area contributed by atoms with Crippen LogP contribution in [-0.2, 0) is 16.1 Å². The third kappa shape index (κ3) is 5.24. The summed E-state index contributed by atoms with van der Waals surface area (Å²) in [4.78, 5) is 28.1. The molecule has 1 aromatic heterocycles. The molecule has 0 aliphatic carbocycles. The summed E-state index contributed by atoms with van der Waals surface area (Å²) in [7, 11) is 0. The van der Waals surface area contributed by atoms with Crippen molar-refractivity contribution in [2.45, 2.75) is 25.9 Å². The van der Waals surface area contributed by atoms with Crippen LogP contribution in [0, 0.1) is 0 Å². The highest BCUT2D eigenvalue weighted by molar-refractivity contribution is 7.09. The van der Waals surface area contributed by atoms with E-state index in [4.69, 9.17) is 9.47 Å². The van der Waals surface area contributed by atoms with Gasteiger partial charge in [-0.1, -0.05) is 36.4 Å². The molecule has 31 heavy (non-hydrogen) atoms. The first-order valence-corrected chi connectivity index (χ1v) is 11.0. The van der Waals surface area contributed by atoms with E-state index in [0.717, 1.165) is 16.1 Å². The van der Waals surface area contributed by atoms with E-state index in [-0.39, 0.29) is 18.2 Å². The molecule has 2 amide bonds. The van der Waals surface area contributed by atoms with Gasteiger partial charge in [-0.05, 0) is 29.1 Å². The van der Waals surface area contributed by atoms with Gasteiger partial charge in [0.25, 0.3) is 0 Å². The number of amides is 2. The van der Waals surface area contributed by atoms with E-state index in [1.807, 2.05) is 66.0 Å². The fourth-order valence-corrected chi connectivity index (χ4v) is 4.24. The van der Waals surface area contributed by atoms with Gasteiger partial charge in [-0.3, -0.25) is 9.59 Å². The molecule has 0 spiro atoms. The number of anilines is 1. The van der Waals surface area contributed by atoms with Gasteiger partial charge in [0.05, 0.1) is 19.0 Å². The number of nitrogens with one attached hydrogen (secondary N) is 1. The van der Waals surface area contributed by atoms with Crippen molar-refractivity contribution in [3.8, 4) is 11.5 Å². The van der Waals surface area contributed by atoms with E-state index in [0.29, 0.717) is 31.3 Å². The van der Waals surface area contributed by atoms with Crippen molar-refractivity contribution in [1.82, 2.24) is 5.32 Å². The molecule has 1 atom stereocenters. The van der Waals surface area contributed by atoms with Crippen molar-refractivity contribution in [2.75, 3.05) is 18.1 Å². The minimum atomic E-state index is -0.408. The SMILES string of the molecule is CC(=O)NC(CC(=O)N(Cc1cccs1)c1ccc2c(c1)OCCO2)c1ccccc1. The largest absolute Gasteiger partial charge is 0.486 e. The Labute approximate surface area is 185 Å². The molecule has 0 bridgehead atoms. The molecule has 0 saturated heterocycles. The summed E-state index contributed by atoms with van der Waals surface area (Å²) in [5.41, 5.74) is 1.63. The average molecular weight is 437 g/mol. The summed E-state index contributed by atoms with van der Waals surface area (Å²) < 4.78 is 11.3. The van der Waals surface area contributed by atoms with E-state index in [9.17, 15) is 9.59 Å². The van der Waals surface area contributed by atoms with E-state index in [1.54, 1.807) is 16.2 Å². The van der Waals surface area contributed by atoms with Crippen LogP contribution in [0.25, 0.3) is 0 Å². The average Bonchev–Trinajstić information content (AvgIpc) is 3.30. The maximum Gasteiger partial charge on any atom is 0.229 e. The molecule has 1 aliphatic rings. The van der Waals surface area contributed by atoms with Crippen molar-refractivity contribution in [3.63, 3.8) is 0 Å². The molecule has 1 unspecified atom stereocenters. The first-order chi connectivity index (χ1) is 15.1. The third-order valence-electron chi connectivity index (χ3n) is 4.99. The Bertz CT molecular complexity index is 1040. The Morgan fingerprint density at radius 1 is 1.03 bits per heavy atom. The first-order valence-electron chi connectivity index (χ1n) is 10.1. The quantitative estimate of drug-likeness (QED) is 0.599. The number of benzene rings is 2. The molecule has 7 heteroatoms. The zero-order chi connectivity index (χ0) is 21.6. The molecular weight excluding hydrogens is 412 g/mol. The van der Waals surface area contributed by atoms with E-state index in [2.05, 4.69) is 5.32 Å². The number of ether oxygens (including phenoxy) is 2. The normalized spacial score (nSPS) is 13.3. The standard InChI is InChI=1S/C24H24N2O4S/c1-17(27)25-21(18-6-3-2-4-7-18)15-24(28)26(16-20-8-5-13-31-20)19-9-10-22-23(14-19)30-12-11-29-22/h2-10,13-14,21H,11-12,15-16H2,1H3,(H,25,27). The highest BCUT2D eigenvalue weighted by Gasteiger charge is 2.24. The van der Waals surface area contributed by atoms with Crippen LogP contribution in [0.2, 0.25) is 0 Å². The summed E-state index contributed by atoms with van der Waals surface area (Å²) in [5, 5.41) is 4.91. The number of rotatable bonds is 7. The third-order valence-corrected chi connectivity index (χ3v) is 5.85. The van der Waals surface area contributed by atoms with Crippen LogP contribution >= 0.6 is 11.3 Å². The van der Waals surface area contributed by atoms with Gasteiger partial charge >= 0.3 is 0 Å². The van der Waals surface area contributed by atoms with Crippen molar-refractivity contribution >= 4 is 28.8 Å². The number of carbonyl (C=O) groups is 2. The molecule has 1 N–H and O–H groups in total. The molecule has 160 valence electrons. The zero-order valence-electron chi connectivity index (χ0n) is 17.2. The fourth-order valence-electron chi connectivity index (χ4n) is 3.55. The van der Waals surface area contributed by atoms with Crippen molar-refractivity contribution in [3.05, 3.63) is 76.5 Å². The van der Waals surface area contributed by atoms with Gasteiger partial charge in [0.15, 0.2) is 11.5 Å². The molecule has 6 nitrogen and oxygen atoms in total. The molecule has 3 aromatic rings. The van der Waals surface area contributed by atoms with Crippen LogP contribution in [0.5, 0.6) is 11.5 Å². The topological polar surface area (TPSA) is 67.9 Å². The second kappa shape index (κ2) is 9.66. The maximum atomic E-state index is 13.5. The van der Waals surface area contributed by atoms with Gasteiger partial charge in [-0.15, -0.1) is 11.3 Å². The molecule has 0 saturated carbocycles. The predicted octanol–water partition coefficient (Wildman–Crippen LogP) is 4.32. The van der Waals surface area contributed by atoms with Gasteiger partial charge in [0, 0.05) is 23.6 Å². The predicted molar refractivity (Wildman–Crippen MR) is 121 cm³/mol. The number of thiophene rings is 1. The summed E-state index contributed by atoms with van der Waals surface area (Å²) >= 11 is 1.60. The Morgan fingerprint density at radius 3 is 2.52 bits per heavy atom. The second-order valence-corrected chi connectivity index (χ2v) is 8.29. The van der Waals surface area contributed by atoms with Gasteiger partial charge in [-0.2, -0.15) is 0 Å². The maximum absolute atomic E-state index is 13.5. The van der Waals surface area contributed by atoms with E-state index >= 15 is 0 Å². The Balaban J connectivity index is 1.62. The summed E-state index contributed by atoms with van der Waals surface area (Å²) in [6.45, 7) is 2.90. The highest BCUT2D eigenvalue weighted by atomic mass is 32.1. The molecule has 4 rings (SSSR count). The van der Waals surface area contributed by atoms with Crippen LogP contribution in [0.1, 0.15) is 29.8 Å². The number of nitrogens with zero attached hydrogens (tertiary/aromatic N) is 1. The Hall–Kier alpha value is -3.32. The lowest BCUT2D eigenvalue weighted by Crippen LogP contribution is -2.35. The summed E-state index contributed by atoms with van der Waals surface area (Å²) in [6.07, 6.45) is 0.142. The molecule has 0 fully saturated rings. The van der Waals surface area contributed by atoms with Gasteiger partial charge in [-0.25, -0.2) is 0 Å². The summed E-state index contributed by atoms with van der Waals surface area (Å²) in [5.74, 6) is 1.05. The number of hydrogen-bond donors (Lipinski definition) is 1. The van der Waals surface area contributed by atoms with Crippen molar-refractivity contribution in [2.24, 2.45) is 0 Å². The molecule has 2 heterocycles. The minimum absolute atomic E-state index is 0.0901. The minimum Gasteiger partial charge on any atom is -0.486 e. The number of hydrogen-bond acceptors (Lipinski definition) is 5. The first kappa shape index (κ1) is 20.9. The zero-order valence-corrected chi connectivity index (χ0v) is 18.1.